The Kier molecular flexibility index (Phi) is 5.63. The molecular weight excluding hydrogens is 426 g/mol. The van der Waals surface area contributed by atoms with Gasteiger partial charge in [0.15, 0.2) is 0 Å². The molecule has 0 aliphatic rings. The maximum Gasteiger partial charge on any atom is 0.355 e. The van der Waals surface area contributed by atoms with Crippen LogP contribution in [-0.4, -0.2) is 17.6 Å². The molecule has 0 spiro atoms. The molecule has 3 aromatic carbocycles. The molecule has 0 atom stereocenters. The molecule has 1 aromatic heterocycles. The maximum atomic E-state index is 13.0. The summed E-state index contributed by atoms with van der Waals surface area (Å²) in [6.07, 6.45) is 0. The summed E-state index contributed by atoms with van der Waals surface area (Å²) >= 11 is 3.80. The van der Waals surface area contributed by atoms with Crippen LogP contribution in [0.15, 0.2) is 95.6 Å². The van der Waals surface area contributed by atoms with Gasteiger partial charge in [-0.1, -0.05) is 91.0 Å². The summed E-state index contributed by atoms with van der Waals surface area (Å²) in [6.45, 7) is 0.554. The molecule has 1 heterocycles. The van der Waals surface area contributed by atoms with Crippen LogP contribution in [0.3, 0.4) is 0 Å². The zero-order chi connectivity index (χ0) is 20.2. The summed E-state index contributed by atoms with van der Waals surface area (Å²) in [5.41, 5.74) is 5.50. The predicted octanol–water partition coefficient (Wildman–Crippen LogP) is 6.42. The van der Waals surface area contributed by atoms with Crippen LogP contribution in [0.25, 0.3) is 22.3 Å². The largest absolute Gasteiger partial charge is 0.464 e. The Morgan fingerprint density at radius 1 is 0.793 bits per heavy atom. The fraction of sp³-hybridized carbons (Fsp3) is 0.0800. The van der Waals surface area contributed by atoms with Gasteiger partial charge in [0.05, 0.1) is 11.7 Å². The number of nitrogens with zero attached hydrogens (tertiary/aromatic N) is 1. The number of halogens is 1. The molecule has 0 aliphatic carbocycles. The van der Waals surface area contributed by atoms with Gasteiger partial charge >= 0.3 is 5.97 Å². The fourth-order valence-electron chi connectivity index (χ4n) is 3.57. The summed E-state index contributed by atoms with van der Waals surface area (Å²) in [5, 5.41) is 0. The molecule has 29 heavy (non-hydrogen) atoms. The van der Waals surface area contributed by atoms with Gasteiger partial charge in [-0.2, -0.15) is 0 Å². The van der Waals surface area contributed by atoms with Crippen molar-refractivity contribution in [1.29, 1.82) is 0 Å². The van der Waals surface area contributed by atoms with Crippen LogP contribution < -0.4 is 0 Å². The van der Waals surface area contributed by atoms with Crippen LogP contribution in [0.4, 0.5) is 0 Å². The van der Waals surface area contributed by atoms with E-state index in [0.29, 0.717) is 12.2 Å². The lowest BCUT2D eigenvalue weighted by atomic mass is 9.97. The van der Waals surface area contributed by atoms with E-state index in [4.69, 9.17) is 4.74 Å². The standard InChI is InChI=1S/C25H20BrNO2/c1-29-25(28)23-21(19-13-7-3-8-14-19)22(20-15-9-4-10-16-20)24(26)27(23)17-18-11-5-2-6-12-18/h2-16H,17H2,1H3. The van der Waals surface area contributed by atoms with Gasteiger partial charge in [-0.15, -0.1) is 0 Å². The summed E-state index contributed by atoms with van der Waals surface area (Å²) in [5.74, 6) is -0.359. The average Bonchev–Trinajstić information content (AvgIpc) is 3.07. The SMILES string of the molecule is COC(=O)c1c(-c2ccccc2)c(-c2ccccc2)c(Br)n1Cc1ccccc1. The lowest BCUT2D eigenvalue weighted by molar-refractivity contribution is 0.0589. The molecule has 4 rings (SSSR count). The first-order valence-corrected chi connectivity index (χ1v) is 10.1. The van der Waals surface area contributed by atoms with Crippen LogP contribution in [0, 0.1) is 0 Å². The minimum atomic E-state index is -0.359. The van der Waals surface area contributed by atoms with Gasteiger partial charge in [-0.25, -0.2) is 4.79 Å². The van der Waals surface area contributed by atoms with Gasteiger partial charge in [0, 0.05) is 17.7 Å². The van der Waals surface area contributed by atoms with Gasteiger partial charge < -0.3 is 9.30 Å². The third kappa shape index (κ3) is 3.76. The number of hydrogen-bond acceptors (Lipinski definition) is 2. The highest BCUT2D eigenvalue weighted by Gasteiger charge is 2.28. The number of benzene rings is 3. The van der Waals surface area contributed by atoms with Crippen molar-refractivity contribution in [2.75, 3.05) is 7.11 Å². The van der Waals surface area contributed by atoms with E-state index in [1.807, 2.05) is 71.3 Å². The van der Waals surface area contributed by atoms with Crippen molar-refractivity contribution in [3.8, 4) is 22.3 Å². The number of hydrogen-bond donors (Lipinski definition) is 0. The summed E-state index contributed by atoms with van der Waals surface area (Å²) in [4.78, 5) is 13.0. The quantitative estimate of drug-likeness (QED) is 0.332. The second-order valence-electron chi connectivity index (χ2n) is 6.68. The number of carbonyl (C=O) groups is 1. The van der Waals surface area contributed by atoms with E-state index in [2.05, 4.69) is 40.2 Å². The molecule has 4 aromatic rings. The first-order chi connectivity index (χ1) is 14.2. The number of esters is 1. The Morgan fingerprint density at radius 3 is 1.79 bits per heavy atom. The van der Waals surface area contributed by atoms with Crippen molar-refractivity contribution < 1.29 is 9.53 Å². The highest BCUT2D eigenvalue weighted by Crippen LogP contribution is 2.43. The second kappa shape index (κ2) is 8.50. The topological polar surface area (TPSA) is 31.2 Å². The van der Waals surface area contributed by atoms with Gasteiger partial charge in [-0.3, -0.25) is 0 Å². The zero-order valence-corrected chi connectivity index (χ0v) is 17.6. The van der Waals surface area contributed by atoms with Crippen LogP contribution in [0.5, 0.6) is 0 Å². The van der Waals surface area contributed by atoms with E-state index in [1.165, 1.54) is 7.11 Å². The van der Waals surface area contributed by atoms with E-state index in [9.17, 15) is 4.79 Å². The Balaban J connectivity index is 2.03. The van der Waals surface area contributed by atoms with Gasteiger partial charge in [-0.05, 0) is 32.6 Å². The molecule has 0 fully saturated rings. The third-order valence-corrected chi connectivity index (χ3v) is 5.71. The molecule has 0 amide bonds. The zero-order valence-electron chi connectivity index (χ0n) is 16.0. The second-order valence-corrected chi connectivity index (χ2v) is 7.44. The Morgan fingerprint density at radius 2 is 1.28 bits per heavy atom. The Bertz CT molecular complexity index is 1120. The van der Waals surface area contributed by atoms with Crippen molar-refractivity contribution in [3.05, 3.63) is 107 Å². The van der Waals surface area contributed by atoms with Crippen molar-refractivity contribution in [1.82, 2.24) is 4.57 Å². The monoisotopic (exact) mass is 445 g/mol. The summed E-state index contributed by atoms with van der Waals surface area (Å²) < 4.78 is 8.05. The van der Waals surface area contributed by atoms with Crippen molar-refractivity contribution in [3.63, 3.8) is 0 Å². The van der Waals surface area contributed by atoms with Gasteiger partial charge in [0.2, 0.25) is 0 Å². The van der Waals surface area contributed by atoms with E-state index in [-0.39, 0.29) is 5.97 Å². The summed E-state index contributed by atoms with van der Waals surface area (Å²) in [6, 6.07) is 30.2. The molecule has 4 heteroatoms. The van der Waals surface area contributed by atoms with Crippen molar-refractivity contribution >= 4 is 21.9 Å². The minimum Gasteiger partial charge on any atom is -0.464 e. The molecule has 0 unspecified atom stereocenters. The smallest absolute Gasteiger partial charge is 0.355 e. The molecule has 0 saturated heterocycles. The van der Waals surface area contributed by atoms with E-state index >= 15 is 0 Å². The van der Waals surface area contributed by atoms with Crippen molar-refractivity contribution in [2.24, 2.45) is 0 Å². The highest BCUT2D eigenvalue weighted by molar-refractivity contribution is 9.10. The predicted molar refractivity (Wildman–Crippen MR) is 120 cm³/mol. The number of methoxy groups -OCH3 is 1. The number of rotatable bonds is 5. The molecule has 0 radical (unpaired) electrons. The highest BCUT2D eigenvalue weighted by atomic mass is 79.9. The summed E-state index contributed by atoms with van der Waals surface area (Å²) in [7, 11) is 1.42. The van der Waals surface area contributed by atoms with Gasteiger partial charge in [0.25, 0.3) is 0 Å². The number of ether oxygens (including phenoxy) is 1. The molecule has 3 nitrogen and oxygen atoms in total. The normalized spacial score (nSPS) is 10.7. The lowest BCUT2D eigenvalue weighted by Crippen LogP contribution is -2.13. The first kappa shape index (κ1) is 19.2. The Labute approximate surface area is 178 Å². The van der Waals surface area contributed by atoms with E-state index in [1.54, 1.807) is 0 Å². The van der Waals surface area contributed by atoms with E-state index in [0.717, 1.165) is 32.4 Å². The number of aromatic nitrogens is 1. The first-order valence-electron chi connectivity index (χ1n) is 9.35. The van der Waals surface area contributed by atoms with Crippen LogP contribution in [-0.2, 0) is 11.3 Å². The average molecular weight is 446 g/mol. The molecular formula is C25H20BrNO2. The molecule has 0 bridgehead atoms. The lowest BCUT2D eigenvalue weighted by Gasteiger charge is -2.11. The van der Waals surface area contributed by atoms with Crippen LogP contribution in [0.1, 0.15) is 16.1 Å². The third-order valence-electron chi connectivity index (χ3n) is 4.89. The number of carbonyl (C=O) groups excluding carboxylic acids is 1. The molecule has 0 aliphatic heterocycles. The van der Waals surface area contributed by atoms with Crippen molar-refractivity contribution in [2.45, 2.75) is 6.54 Å². The minimum absolute atomic E-state index is 0.359. The molecule has 0 saturated carbocycles. The van der Waals surface area contributed by atoms with Crippen LogP contribution >= 0.6 is 15.9 Å². The van der Waals surface area contributed by atoms with Gasteiger partial charge in [0.1, 0.15) is 5.69 Å². The van der Waals surface area contributed by atoms with E-state index < -0.39 is 0 Å². The maximum absolute atomic E-state index is 13.0. The fourth-order valence-corrected chi connectivity index (χ4v) is 4.30. The van der Waals surface area contributed by atoms with Crippen LogP contribution in [0.2, 0.25) is 0 Å². The molecule has 144 valence electrons. The molecule has 0 N–H and O–H groups in total. The Hall–Kier alpha value is -3.11.